The molecule has 3 rings (SSSR count). The molecule has 0 N–H and O–H groups in total. The lowest BCUT2D eigenvalue weighted by Crippen LogP contribution is -2.53. The van der Waals surface area contributed by atoms with Crippen LogP contribution >= 0.6 is 0 Å². The molecule has 1 heterocycles. The summed E-state index contributed by atoms with van der Waals surface area (Å²) in [4.78, 5) is 30.8. The Hall–Kier alpha value is -2.60. The molecular formula is C29H42N2O4. The first-order valence-electron chi connectivity index (χ1n) is 13.3. The van der Waals surface area contributed by atoms with Crippen molar-refractivity contribution in [3.8, 4) is 0 Å². The van der Waals surface area contributed by atoms with Crippen LogP contribution in [-0.4, -0.2) is 53.5 Å². The largest absolute Gasteiger partial charge is 0.465 e. The van der Waals surface area contributed by atoms with Crippen molar-refractivity contribution in [2.24, 2.45) is 0 Å². The van der Waals surface area contributed by atoms with E-state index >= 15 is 0 Å². The van der Waals surface area contributed by atoms with E-state index in [1.807, 2.05) is 49.1 Å². The lowest BCUT2D eigenvalue weighted by Gasteiger charge is -2.39. The smallest absolute Gasteiger partial charge is 0.323 e. The maximum atomic E-state index is 13.8. The van der Waals surface area contributed by atoms with E-state index in [-0.39, 0.29) is 30.5 Å². The van der Waals surface area contributed by atoms with Crippen LogP contribution in [0.3, 0.4) is 0 Å². The van der Waals surface area contributed by atoms with Crippen LogP contribution in [0.1, 0.15) is 75.9 Å². The minimum absolute atomic E-state index is 0.0333. The van der Waals surface area contributed by atoms with E-state index in [1.165, 1.54) is 12.0 Å². The molecule has 1 saturated carbocycles. The minimum Gasteiger partial charge on any atom is -0.465 e. The van der Waals surface area contributed by atoms with E-state index in [9.17, 15) is 9.59 Å². The first kappa shape index (κ1) is 27.0. The third kappa shape index (κ3) is 8.24. The Balaban J connectivity index is 1.81. The molecular weight excluding hydrogens is 440 g/mol. The van der Waals surface area contributed by atoms with Crippen molar-refractivity contribution in [3.63, 3.8) is 0 Å². The Morgan fingerprint density at radius 2 is 1.80 bits per heavy atom. The summed E-state index contributed by atoms with van der Waals surface area (Å²) < 4.78 is 11.3. The van der Waals surface area contributed by atoms with E-state index in [1.54, 1.807) is 0 Å². The van der Waals surface area contributed by atoms with Gasteiger partial charge in [-0.2, -0.15) is 0 Å². The van der Waals surface area contributed by atoms with Crippen LogP contribution in [0.5, 0.6) is 0 Å². The fourth-order valence-electron chi connectivity index (χ4n) is 5.05. The second kappa shape index (κ2) is 14.1. The Morgan fingerprint density at radius 3 is 2.43 bits per heavy atom. The van der Waals surface area contributed by atoms with Crippen molar-refractivity contribution in [1.29, 1.82) is 0 Å². The predicted molar refractivity (Wildman–Crippen MR) is 138 cm³/mol. The van der Waals surface area contributed by atoms with Crippen molar-refractivity contribution in [1.82, 2.24) is 9.80 Å². The molecule has 6 nitrogen and oxygen atoms in total. The summed E-state index contributed by atoms with van der Waals surface area (Å²) in [5.74, 6) is 1.45. The molecule has 0 unspecified atom stereocenters. The fraction of sp³-hybridized carbons (Fsp3) is 0.586. The number of ether oxygens (including phenoxy) is 1. The van der Waals surface area contributed by atoms with Crippen molar-refractivity contribution >= 4 is 11.9 Å². The Bertz CT molecular complexity index is 904. The average molecular weight is 483 g/mol. The molecule has 0 aliphatic heterocycles. The van der Waals surface area contributed by atoms with Gasteiger partial charge in [0.05, 0.1) is 19.7 Å². The van der Waals surface area contributed by atoms with Crippen LogP contribution in [-0.2, 0) is 27.3 Å². The molecule has 35 heavy (non-hydrogen) atoms. The predicted octanol–water partition coefficient (Wildman–Crippen LogP) is 5.53. The van der Waals surface area contributed by atoms with E-state index in [0.29, 0.717) is 26.1 Å². The summed E-state index contributed by atoms with van der Waals surface area (Å²) in [6.45, 7) is 7.44. The summed E-state index contributed by atoms with van der Waals surface area (Å²) in [5.41, 5.74) is 1.19. The number of esters is 1. The summed E-state index contributed by atoms with van der Waals surface area (Å²) in [7, 11) is 0. The SMILES string of the molecule is CCC[C@H](C(=O)OCC)N(CC(=O)N(CCc1ccccc1)Cc1ccc(C)o1)C1CCCCC1. The van der Waals surface area contributed by atoms with E-state index in [2.05, 4.69) is 24.0 Å². The monoisotopic (exact) mass is 482 g/mol. The van der Waals surface area contributed by atoms with Crippen LogP contribution in [0.2, 0.25) is 0 Å². The number of rotatable bonds is 13. The van der Waals surface area contributed by atoms with Crippen molar-refractivity contribution in [2.75, 3.05) is 19.7 Å². The second-order valence-electron chi connectivity index (χ2n) is 9.58. The molecule has 0 bridgehead atoms. The van der Waals surface area contributed by atoms with Gasteiger partial charge in [-0.1, -0.05) is 62.9 Å². The van der Waals surface area contributed by atoms with Gasteiger partial charge in [-0.05, 0) is 57.2 Å². The highest BCUT2D eigenvalue weighted by atomic mass is 16.5. The Morgan fingerprint density at radius 1 is 1.06 bits per heavy atom. The molecule has 0 spiro atoms. The van der Waals surface area contributed by atoms with Crippen LogP contribution in [0.15, 0.2) is 46.9 Å². The minimum atomic E-state index is -0.381. The maximum Gasteiger partial charge on any atom is 0.323 e. The number of furan rings is 1. The lowest BCUT2D eigenvalue weighted by molar-refractivity contribution is -0.152. The van der Waals surface area contributed by atoms with Gasteiger partial charge in [-0.25, -0.2) is 0 Å². The molecule has 1 amide bonds. The second-order valence-corrected chi connectivity index (χ2v) is 9.58. The first-order chi connectivity index (χ1) is 17.0. The van der Waals surface area contributed by atoms with E-state index in [0.717, 1.165) is 50.0 Å². The summed E-state index contributed by atoms with van der Waals surface area (Å²) >= 11 is 0. The third-order valence-electron chi connectivity index (χ3n) is 6.89. The zero-order valence-corrected chi connectivity index (χ0v) is 21.7. The van der Waals surface area contributed by atoms with Gasteiger partial charge < -0.3 is 14.1 Å². The zero-order chi connectivity index (χ0) is 25.0. The molecule has 1 aliphatic rings. The highest BCUT2D eigenvalue weighted by molar-refractivity contribution is 5.80. The van der Waals surface area contributed by atoms with Gasteiger partial charge in [-0.3, -0.25) is 14.5 Å². The van der Waals surface area contributed by atoms with Crippen LogP contribution in [0, 0.1) is 6.92 Å². The number of amides is 1. The Labute approximate surface area is 210 Å². The van der Waals surface area contributed by atoms with Gasteiger partial charge in [0.15, 0.2) is 0 Å². The molecule has 2 aromatic rings. The molecule has 1 atom stereocenters. The van der Waals surface area contributed by atoms with Crippen molar-refractivity contribution < 1.29 is 18.7 Å². The van der Waals surface area contributed by atoms with Crippen molar-refractivity contribution in [2.45, 2.75) is 90.8 Å². The molecule has 6 heteroatoms. The van der Waals surface area contributed by atoms with E-state index in [4.69, 9.17) is 9.15 Å². The number of aryl methyl sites for hydroxylation is 1. The number of nitrogens with zero attached hydrogens (tertiary/aromatic N) is 2. The number of carbonyl (C=O) groups excluding carboxylic acids is 2. The highest BCUT2D eigenvalue weighted by Gasteiger charge is 2.35. The first-order valence-corrected chi connectivity index (χ1v) is 13.3. The van der Waals surface area contributed by atoms with Gasteiger partial charge in [0.1, 0.15) is 17.6 Å². The van der Waals surface area contributed by atoms with Crippen LogP contribution in [0.4, 0.5) is 0 Å². The maximum absolute atomic E-state index is 13.8. The number of carbonyl (C=O) groups is 2. The third-order valence-corrected chi connectivity index (χ3v) is 6.89. The van der Waals surface area contributed by atoms with Crippen LogP contribution < -0.4 is 0 Å². The normalized spacial score (nSPS) is 15.2. The van der Waals surface area contributed by atoms with Gasteiger partial charge in [0, 0.05) is 12.6 Å². The highest BCUT2D eigenvalue weighted by Crippen LogP contribution is 2.26. The molecule has 1 fully saturated rings. The standard InChI is InChI=1S/C29H42N2O4/c1-4-12-27(29(33)34-5-2)31(25-15-10-7-11-16-25)22-28(32)30(21-26-18-17-23(3)35-26)20-19-24-13-8-6-9-14-24/h6,8-9,13-14,17-18,25,27H,4-5,7,10-12,15-16,19-22H2,1-3H3/t27-/m1/s1. The van der Waals surface area contributed by atoms with Crippen molar-refractivity contribution in [3.05, 3.63) is 59.5 Å². The molecule has 1 aliphatic carbocycles. The lowest BCUT2D eigenvalue weighted by atomic mass is 9.92. The van der Waals surface area contributed by atoms with Gasteiger partial charge in [0.25, 0.3) is 0 Å². The van der Waals surface area contributed by atoms with Gasteiger partial charge in [-0.15, -0.1) is 0 Å². The van der Waals surface area contributed by atoms with Gasteiger partial charge in [0.2, 0.25) is 5.91 Å². The quantitative estimate of drug-likeness (QED) is 0.352. The van der Waals surface area contributed by atoms with Gasteiger partial charge >= 0.3 is 5.97 Å². The molecule has 192 valence electrons. The number of hydrogen-bond acceptors (Lipinski definition) is 5. The summed E-state index contributed by atoms with van der Waals surface area (Å²) in [5, 5.41) is 0. The topological polar surface area (TPSA) is 63.0 Å². The molecule has 1 aromatic carbocycles. The summed E-state index contributed by atoms with van der Waals surface area (Å²) in [6.07, 6.45) is 7.88. The van der Waals surface area contributed by atoms with Crippen LogP contribution in [0.25, 0.3) is 0 Å². The Kier molecular flexibility index (Phi) is 10.9. The zero-order valence-electron chi connectivity index (χ0n) is 21.7. The van der Waals surface area contributed by atoms with E-state index < -0.39 is 0 Å². The molecule has 0 saturated heterocycles. The fourth-order valence-corrected chi connectivity index (χ4v) is 5.05. The average Bonchev–Trinajstić information content (AvgIpc) is 3.29. The number of hydrogen-bond donors (Lipinski definition) is 0. The number of benzene rings is 1. The molecule has 0 radical (unpaired) electrons. The summed E-state index contributed by atoms with van der Waals surface area (Å²) in [6, 6.07) is 14.0. The molecule has 1 aromatic heterocycles.